The maximum absolute atomic E-state index is 13.4. The van der Waals surface area contributed by atoms with Crippen LogP contribution in [-0.2, 0) is 4.79 Å². The van der Waals surface area contributed by atoms with Gasteiger partial charge in [-0.1, -0.05) is 62.4 Å². The second-order valence-electron chi connectivity index (χ2n) is 9.89. The summed E-state index contributed by atoms with van der Waals surface area (Å²) in [7, 11) is 0. The highest BCUT2D eigenvalue weighted by atomic mass is 16.1. The van der Waals surface area contributed by atoms with Crippen LogP contribution in [0.15, 0.2) is 66.2 Å². The van der Waals surface area contributed by atoms with E-state index in [0.717, 1.165) is 36.3 Å². The van der Waals surface area contributed by atoms with Crippen LogP contribution in [0.4, 0.5) is 11.4 Å². The Morgan fingerprint density at radius 3 is 2.38 bits per heavy atom. The van der Waals surface area contributed by atoms with E-state index < -0.39 is 0 Å². The largest absolute Gasteiger partial charge is 0.373 e. The van der Waals surface area contributed by atoms with Gasteiger partial charge in [-0.05, 0) is 54.3 Å². The number of carbonyl (C=O) groups is 1. The Morgan fingerprint density at radius 1 is 0.938 bits per heavy atom. The normalized spacial score (nSPS) is 19.4. The first-order chi connectivity index (χ1) is 15.4. The summed E-state index contributed by atoms with van der Waals surface area (Å²) in [4.78, 5) is 15.8. The second kappa shape index (κ2) is 7.81. The molecule has 0 saturated carbocycles. The summed E-state index contributed by atoms with van der Waals surface area (Å²) in [6.45, 7) is 10.8. The number of carbonyl (C=O) groups excluding carboxylic acids is 1. The Kier molecular flexibility index (Phi) is 5.08. The first-order valence-electron chi connectivity index (χ1n) is 11.8. The van der Waals surface area contributed by atoms with Gasteiger partial charge in [-0.15, -0.1) is 0 Å². The van der Waals surface area contributed by atoms with Crippen LogP contribution in [0, 0.1) is 5.41 Å². The van der Waals surface area contributed by atoms with E-state index in [4.69, 9.17) is 0 Å². The number of fused-ring (bicyclic) bond motifs is 4. The van der Waals surface area contributed by atoms with E-state index in [1.165, 1.54) is 27.6 Å². The van der Waals surface area contributed by atoms with Crippen molar-refractivity contribution in [2.45, 2.75) is 46.6 Å². The standard InChI is InChI=1S/C29H32N2O/c1-5-31(6-2)21-14-11-20(12-15-21)27-24-17-29(3,4)18-25(32)26(24)23-16-13-19-9-7-8-10-22(19)28(23)30-27/h7-16,27,30H,5-6,17-18H2,1-4H3/t27-/m0/s1. The van der Waals surface area contributed by atoms with Gasteiger partial charge in [-0.2, -0.15) is 0 Å². The van der Waals surface area contributed by atoms with Crippen LogP contribution in [-0.4, -0.2) is 18.9 Å². The fourth-order valence-corrected chi connectivity index (χ4v) is 5.56. The molecule has 164 valence electrons. The molecule has 2 aliphatic rings. The third kappa shape index (κ3) is 3.40. The summed E-state index contributed by atoms with van der Waals surface area (Å²) in [5.41, 5.74) is 6.78. The molecule has 0 bridgehead atoms. The zero-order chi connectivity index (χ0) is 22.5. The van der Waals surface area contributed by atoms with Crippen LogP contribution < -0.4 is 10.2 Å². The third-order valence-electron chi connectivity index (χ3n) is 7.10. The predicted octanol–water partition coefficient (Wildman–Crippen LogP) is 7.00. The molecule has 32 heavy (non-hydrogen) atoms. The molecule has 0 amide bonds. The SMILES string of the molecule is CCN(CC)c1ccc([C@@H]2Nc3c(ccc4ccccc34)C3=C2CC(C)(C)CC3=O)cc1. The van der Waals surface area contributed by atoms with E-state index in [9.17, 15) is 4.79 Å². The molecule has 3 heteroatoms. The van der Waals surface area contributed by atoms with Crippen molar-refractivity contribution in [2.24, 2.45) is 5.41 Å². The molecule has 0 unspecified atom stereocenters. The van der Waals surface area contributed by atoms with Crippen molar-refractivity contribution in [3.63, 3.8) is 0 Å². The molecular weight excluding hydrogens is 392 g/mol. The van der Waals surface area contributed by atoms with Crippen molar-refractivity contribution in [1.82, 2.24) is 0 Å². The Bertz CT molecular complexity index is 1220. The number of ketones is 1. The molecule has 1 heterocycles. The summed E-state index contributed by atoms with van der Waals surface area (Å²) in [5, 5.41) is 6.24. The number of benzene rings is 3. The quantitative estimate of drug-likeness (QED) is 0.489. The Hall–Kier alpha value is -3.07. The molecule has 1 aliphatic carbocycles. The molecule has 1 atom stereocenters. The van der Waals surface area contributed by atoms with E-state index in [0.29, 0.717) is 6.42 Å². The molecule has 0 saturated heterocycles. The molecule has 0 fully saturated rings. The molecule has 3 nitrogen and oxygen atoms in total. The molecule has 0 aromatic heterocycles. The molecular formula is C29H32N2O. The van der Waals surface area contributed by atoms with E-state index in [1.807, 2.05) is 0 Å². The van der Waals surface area contributed by atoms with Gasteiger partial charge in [0.1, 0.15) is 0 Å². The maximum atomic E-state index is 13.4. The number of nitrogens with zero attached hydrogens (tertiary/aromatic N) is 1. The highest BCUT2D eigenvalue weighted by Crippen LogP contribution is 2.51. The molecule has 3 aromatic carbocycles. The van der Waals surface area contributed by atoms with Gasteiger partial charge in [0.25, 0.3) is 0 Å². The van der Waals surface area contributed by atoms with Gasteiger partial charge < -0.3 is 10.2 Å². The number of nitrogens with one attached hydrogen (secondary N) is 1. The molecule has 1 aliphatic heterocycles. The van der Waals surface area contributed by atoms with E-state index in [1.54, 1.807) is 0 Å². The summed E-state index contributed by atoms with van der Waals surface area (Å²) >= 11 is 0. The lowest BCUT2D eigenvalue weighted by molar-refractivity contribution is -0.116. The van der Waals surface area contributed by atoms with Crippen molar-refractivity contribution in [3.05, 3.63) is 77.4 Å². The van der Waals surface area contributed by atoms with Crippen LogP contribution >= 0.6 is 0 Å². The van der Waals surface area contributed by atoms with Crippen LogP contribution in [0.3, 0.4) is 0 Å². The minimum atomic E-state index is -0.0225. The Balaban J connectivity index is 1.68. The van der Waals surface area contributed by atoms with Crippen molar-refractivity contribution in [1.29, 1.82) is 0 Å². The fraction of sp³-hybridized carbons (Fsp3) is 0.345. The molecule has 0 radical (unpaired) electrons. The zero-order valence-corrected chi connectivity index (χ0v) is 19.5. The van der Waals surface area contributed by atoms with E-state index >= 15 is 0 Å². The second-order valence-corrected chi connectivity index (χ2v) is 9.89. The topological polar surface area (TPSA) is 32.3 Å². The fourth-order valence-electron chi connectivity index (χ4n) is 5.56. The van der Waals surface area contributed by atoms with Crippen LogP contribution in [0.5, 0.6) is 0 Å². The van der Waals surface area contributed by atoms with Crippen LogP contribution in [0.2, 0.25) is 0 Å². The van der Waals surface area contributed by atoms with Crippen molar-refractivity contribution < 1.29 is 4.79 Å². The highest BCUT2D eigenvalue weighted by Gasteiger charge is 2.40. The minimum Gasteiger partial charge on any atom is -0.373 e. The lowest BCUT2D eigenvalue weighted by Crippen LogP contribution is -2.32. The summed E-state index contributed by atoms with van der Waals surface area (Å²) in [6, 6.07) is 21.6. The lowest BCUT2D eigenvalue weighted by atomic mass is 9.68. The van der Waals surface area contributed by atoms with Gasteiger partial charge in [-0.3, -0.25) is 4.79 Å². The van der Waals surface area contributed by atoms with Crippen molar-refractivity contribution in [3.8, 4) is 0 Å². The average molecular weight is 425 g/mol. The lowest BCUT2D eigenvalue weighted by Gasteiger charge is -2.40. The summed E-state index contributed by atoms with van der Waals surface area (Å²) in [6.07, 6.45) is 1.53. The monoisotopic (exact) mass is 424 g/mol. The van der Waals surface area contributed by atoms with E-state index in [2.05, 4.69) is 98.6 Å². The first-order valence-corrected chi connectivity index (χ1v) is 11.8. The van der Waals surface area contributed by atoms with Crippen LogP contribution in [0.1, 0.15) is 57.7 Å². The predicted molar refractivity (Wildman–Crippen MR) is 135 cm³/mol. The number of hydrogen-bond acceptors (Lipinski definition) is 3. The van der Waals surface area contributed by atoms with Gasteiger partial charge in [-0.25, -0.2) is 0 Å². The van der Waals surface area contributed by atoms with Gasteiger partial charge in [0, 0.05) is 41.7 Å². The number of Topliss-reactive ketones (excluding diaryl/α,β-unsaturated/α-hetero) is 1. The number of allylic oxidation sites excluding steroid dienone is 1. The number of hydrogen-bond donors (Lipinski definition) is 1. The van der Waals surface area contributed by atoms with Crippen molar-refractivity contribution in [2.75, 3.05) is 23.3 Å². The third-order valence-corrected chi connectivity index (χ3v) is 7.10. The minimum absolute atomic E-state index is 0.0117. The van der Waals surface area contributed by atoms with Gasteiger partial charge in [0.15, 0.2) is 5.78 Å². The molecule has 3 aromatic rings. The van der Waals surface area contributed by atoms with Crippen LogP contribution in [0.25, 0.3) is 16.3 Å². The van der Waals surface area contributed by atoms with Gasteiger partial charge >= 0.3 is 0 Å². The van der Waals surface area contributed by atoms with Gasteiger partial charge in [0.05, 0.1) is 11.7 Å². The molecule has 0 spiro atoms. The van der Waals surface area contributed by atoms with Gasteiger partial charge in [0.2, 0.25) is 0 Å². The first kappa shape index (κ1) is 20.8. The number of anilines is 2. The Labute approximate surface area is 191 Å². The highest BCUT2D eigenvalue weighted by molar-refractivity contribution is 6.26. The molecule has 1 N–H and O–H groups in total. The zero-order valence-electron chi connectivity index (χ0n) is 19.5. The summed E-state index contributed by atoms with van der Waals surface area (Å²) < 4.78 is 0. The Morgan fingerprint density at radius 2 is 1.66 bits per heavy atom. The van der Waals surface area contributed by atoms with Crippen molar-refractivity contribution >= 4 is 33.5 Å². The molecule has 5 rings (SSSR count). The maximum Gasteiger partial charge on any atom is 0.164 e. The average Bonchev–Trinajstić information content (AvgIpc) is 2.78. The van der Waals surface area contributed by atoms with E-state index in [-0.39, 0.29) is 17.2 Å². The summed E-state index contributed by atoms with van der Waals surface area (Å²) in [5.74, 6) is 0.277. The number of rotatable bonds is 4. The smallest absolute Gasteiger partial charge is 0.164 e.